The van der Waals surface area contributed by atoms with Gasteiger partial charge in [-0.3, -0.25) is 4.99 Å². The van der Waals surface area contributed by atoms with Gasteiger partial charge in [0.2, 0.25) is 0 Å². The van der Waals surface area contributed by atoms with E-state index >= 15 is 0 Å². The van der Waals surface area contributed by atoms with E-state index in [2.05, 4.69) is 41.5 Å². The van der Waals surface area contributed by atoms with Gasteiger partial charge in [0.15, 0.2) is 11.8 Å². The van der Waals surface area contributed by atoms with Crippen LogP contribution in [0.3, 0.4) is 0 Å². The number of aromatic nitrogens is 3. The number of methoxy groups -OCH3 is 1. The first kappa shape index (κ1) is 21.6. The summed E-state index contributed by atoms with van der Waals surface area (Å²) in [5, 5.41) is 20.7. The smallest absolute Gasteiger partial charge is 0.191 e. The second-order valence-electron chi connectivity index (χ2n) is 7.67. The van der Waals surface area contributed by atoms with Crippen LogP contribution in [0.4, 0.5) is 0 Å². The van der Waals surface area contributed by atoms with Crippen molar-refractivity contribution in [3.05, 3.63) is 11.6 Å². The van der Waals surface area contributed by atoms with Crippen molar-refractivity contribution >= 4 is 5.96 Å². The molecule has 1 aromatic heterocycles. The minimum atomic E-state index is 0.221. The number of aliphatic hydroxyl groups is 1. The molecule has 0 fully saturated rings. The largest absolute Gasteiger partial charge is 0.396 e. The second kappa shape index (κ2) is 11.2. The lowest BCUT2D eigenvalue weighted by Gasteiger charge is -2.26. The number of aryl methyl sites for hydroxylation is 1. The maximum Gasteiger partial charge on any atom is 0.191 e. The first-order valence-corrected chi connectivity index (χ1v) is 10.1. The summed E-state index contributed by atoms with van der Waals surface area (Å²) in [6, 6.07) is 0.272. The highest BCUT2D eigenvalue weighted by atomic mass is 16.5. The van der Waals surface area contributed by atoms with Crippen molar-refractivity contribution in [3.8, 4) is 0 Å². The van der Waals surface area contributed by atoms with Gasteiger partial charge in [0.1, 0.15) is 12.4 Å². The third kappa shape index (κ3) is 7.10. The average molecular weight is 381 g/mol. The molecule has 2 unspecified atom stereocenters. The SMILES string of the molecule is CCNC(=NCC(CCO)CC(C)C)NC1CCc2nc(COC)nn2C1. The van der Waals surface area contributed by atoms with Gasteiger partial charge in [-0.15, -0.1) is 0 Å². The normalized spacial score (nSPS) is 18.4. The predicted octanol–water partition coefficient (Wildman–Crippen LogP) is 1.34. The number of nitrogens with zero attached hydrogens (tertiary/aromatic N) is 4. The molecule has 27 heavy (non-hydrogen) atoms. The number of aliphatic hydroxyl groups excluding tert-OH is 1. The van der Waals surface area contributed by atoms with Crippen LogP contribution in [-0.2, 0) is 24.3 Å². The molecule has 0 saturated carbocycles. The number of aliphatic imine (C=N–C) groups is 1. The summed E-state index contributed by atoms with van der Waals surface area (Å²) < 4.78 is 7.11. The van der Waals surface area contributed by atoms with Crippen LogP contribution < -0.4 is 10.6 Å². The molecule has 0 amide bonds. The molecule has 8 nitrogen and oxygen atoms in total. The van der Waals surface area contributed by atoms with E-state index in [1.807, 2.05) is 4.68 Å². The fourth-order valence-electron chi connectivity index (χ4n) is 3.54. The monoisotopic (exact) mass is 380 g/mol. The number of guanidine groups is 1. The highest BCUT2D eigenvalue weighted by Gasteiger charge is 2.22. The van der Waals surface area contributed by atoms with E-state index in [-0.39, 0.29) is 12.6 Å². The van der Waals surface area contributed by atoms with Crippen LogP contribution in [0, 0.1) is 11.8 Å². The van der Waals surface area contributed by atoms with E-state index < -0.39 is 0 Å². The van der Waals surface area contributed by atoms with Crippen molar-refractivity contribution in [2.75, 3.05) is 26.8 Å². The summed E-state index contributed by atoms with van der Waals surface area (Å²) in [5.41, 5.74) is 0. The fraction of sp³-hybridized carbons (Fsp3) is 0.842. The Labute approximate surface area is 162 Å². The number of hydrogen-bond donors (Lipinski definition) is 3. The standard InChI is InChI=1S/C19H36N6O2/c1-5-20-19(21-11-15(8-9-26)10-14(2)3)22-16-6-7-18-23-17(13-27-4)24-25(18)12-16/h14-16,26H,5-13H2,1-4H3,(H2,20,21,22). The van der Waals surface area contributed by atoms with Crippen LogP contribution in [0.2, 0.25) is 0 Å². The molecule has 0 spiro atoms. The molecule has 1 aliphatic heterocycles. The summed E-state index contributed by atoms with van der Waals surface area (Å²) in [7, 11) is 1.66. The number of fused-ring (bicyclic) bond motifs is 1. The van der Waals surface area contributed by atoms with Crippen LogP contribution in [-0.4, -0.2) is 58.7 Å². The highest BCUT2D eigenvalue weighted by molar-refractivity contribution is 5.80. The number of nitrogens with one attached hydrogen (secondary N) is 2. The maximum atomic E-state index is 9.31. The number of hydrogen-bond acceptors (Lipinski definition) is 5. The summed E-state index contributed by atoms with van der Waals surface area (Å²) >= 11 is 0. The lowest BCUT2D eigenvalue weighted by Crippen LogP contribution is -2.47. The van der Waals surface area contributed by atoms with E-state index in [9.17, 15) is 5.11 Å². The first-order chi connectivity index (χ1) is 13.0. The Kier molecular flexibility index (Phi) is 9.00. The number of rotatable bonds is 10. The van der Waals surface area contributed by atoms with Crippen LogP contribution in [0.5, 0.6) is 0 Å². The topological polar surface area (TPSA) is 96.6 Å². The molecule has 0 radical (unpaired) electrons. The second-order valence-corrected chi connectivity index (χ2v) is 7.67. The molecule has 1 aliphatic rings. The molecular formula is C19H36N6O2. The number of ether oxygens (including phenoxy) is 1. The van der Waals surface area contributed by atoms with Gasteiger partial charge < -0.3 is 20.5 Å². The Morgan fingerprint density at radius 2 is 2.26 bits per heavy atom. The summed E-state index contributed by atoms with van der Waals surface area (Å²) in [5.74, 6) is 3.64. The Morgan fingerprint density at radius 1 is 1.44 bits per heavy atom. The minimum Gasteiger partial charge on any atom is -0.396 e. The van der Waals surface area contributed by atoms with Crippen LogP contribution >= 0.6 is 0 Å². The molecule has 8 heteroatoms. The van der Waals surface area contributed by atoms with Crippen molar-refractivity contribution in [1.82, 2.24) is 25.4 Å². The van der Waals surface area contributed by atoms with Gasteiger partial charge in [-0.05, 0) is 38.0 Å². The van der Waals surface area contributed by atoms with Crippen molar-refractivity contribution in [2.45, 2.75) is 65.6 Å². The van der Waals surface area contributed by atoms with E-state index in [0.717, 1.165) is 62.9 Å². The van der Waals surface area contributed by atoms with Crippen molar-refractivity contribution in [1.29, 1.82) is 0 Å². The molecule has 1 aromatic rings. The van der Waals surface area contributed by atoms with Crippen molar-refractivity contribution < 1.29 is 9.84 Å². The zero-order valence-electron chi connectivity index (χ0n) is 17.2. The van der Waals surface area contributed by atoms with E-state index in [1.54, 1.807) is 7.11 Å². The third-order valence-electron chi connectivity index (χ3n) is 4.71. The van der Waals surface area contributed by atoms with E-state index in [1.165, 1.54) is 0 Å². The van der Waals surface area contributed by atoms with Gasteiger partial charge in [-0.1, -0.05) is 13.8 Å². The van der Waals surface area contributed by atoms with Gasteiger partial charge in [0.05, 0.1) is 6.54 Å². The molecule has 3 N–H and O–H groups in total. The molecule has 2 heterocycles. The first-order valence-electron chi connectivity index (χ1n) is 10.1. The quantitative estimate of drug-likeness (QED) is 0.419. The maximum absolute atomic E-state index is 9.31. The van der Waals surface area contributed by atoms with Crippen LogP contribution in [0.1, 0.15) is 51.7 Å². The van der Waals surface area contributed by atoms with Crippen molar-refractivity contribution in [3.63, 3.8) is 0 Å². The molecule has 0 saturated heterocycles. The Morgan fingerprint density at radius 3 is 2.93 bits per heavy atom. The van der Waals surface area contributed by atoms with Gasteiger partial charge in [-0.2, -0.15) is 5.10 Å². The van der Waals surface area contributed by atoms with Crippen LogP contribution in [0.25, 0.3) is 0 Å². The Bertz CT molecular complexity index is 587. The Balaban J connectivity index is 1.96. The highest BCUT2D eigenvalue weighted by Crippen LogP contribution is 2.16. The van der Waals surface area contributed by atoms with Gasteiger partial charge >= 0.3 is 0 Å². The molecule has 2 rings (SSSR count). The molecule has 0 aromatic carbocycles. The zero-order valence-corrected chi connectivity index (χ0v) is 17.2. The van der Waals surface area contributed by atoms with E-state index in [0.29, 0.717) is 18.4 Å². The van der Waals surface area contributed by atoms with Gasteiger partial charge in [0.25, 0.3) is 0 Å². The third-order valence-corrected chi connectivity index (χ3v) is 4.71. The molecule has 0 aliphatic carbocycles. The van der Waals surface area contributed by atoms with Crippen LogP contribution in [0.15, 0.2) is 4.99 Å². The minimum absolute atomic E-state index is 0.221. The average Bonchev–Trinajstić information content (AvgIpc) is 3.01. The van der Waals surface area contributed by atoms with E-state index in [4.69, 9.17) is 9.73 Å². The molecule has 154 valence electrons. The van der Waals surface area contributed by atoms with Crippen molar-refractivity contribution in [2.24, 2.45) is 16.8 Å². The molecule has 0 bridgehead atoms. The van der Waals surface area contributed by atoms with Gasteiger partial charge in [-0.25, -0.2) is 9.67 Å². The lowest BCUT2D eigenvalue weighted by atomic mass is 9.94. The Hall–Kier alpha value is -1.67. The van der Waals surface area contributed by atoms with Gasteiger partial charge in [0, 0.05) is 39.3 Å². The summed E-state index contributed by atoms with van der Waals surface area (Å²) in [6.45, 7) is 9.50. The lowest BCUT2D eigenvalue weighted by molar-refractivity contribution is 0.177. The molecular weight excluding hydrogens is 344 g/mol. The fourth-order valence-corrected chi connectivity index (χ4v) is 3.54. The molecule has 2 atom stereocenters. The summed E-state index contributed by atoms with van der Waals surface area (Å²) in [6.07, 6.45) is 3.78. The zero-order chi connectivity index (χ0) is 19.6. The summed E-state index contributed by atoms with van der Waals surface area (Å²) in [4.78, 5) is 9.32. The predicted molar refractivity (Wildman–Crippen MR) is 107 cm³/mol.